The Morgan fingerprint density at radius 1 is 1.14 bits per heavy atom. The van der Waals surface area contributed by atoms with Crippen LogP contribution in [0.2, 0.25) is 0 Å². The first-order valence-electron chi connectivity index (χ1n) is 11.3. The fraction of sp³-hybridized carbons (Fsp3) is 0.259. The van der Waals surface area contributed by atoms with Crippen LogP contribution < -0.4 is 5.69 Å². The lowest BCUT2D eigenvalue weighted by Crippen LogP contribution is -2.45. The molecule has 1 fully saturated rings. The minimum atomic E-state index is -1.81. The number of terminal acetylenes is 1. The monoisotopic (exact) mass is 506 g/mol. The molecule has 1 aromatic heterocycles. The van der Waals surface area contributed by atoms with E-state index in [9.17, 15) is 23.9 Å². The fourth-order valence-corrected chi connectivity index (χ4v) is 3.83. The zero-order valence-corrected chi connectivity index (χ0v) is 20.0. The Bertz CT molecular complexity index is 1430. The molecule has 1 saturated heterocycles. The number of aromatic hydroxyl groups is 1. The van der Waals surface area contributed by atoms with Crippen LogP contribution in [0, 0.1) is 32.0 Å². The molecule has 0 spiro atoms. The highest BCUT2D eigenvalue weighted by molar-refractivity contribution is 5.90. The van der Waals surface area contributed by atoms with Crippen molar-refractivity contribution in [3.63, 3.8) is 0 Å². The molecule has 0 aliphatic carbocycles. The molecule has 1 aliphatic heterocycles. The second-order valence-corrected chi connectivity index (χ2v) is 8.65. The second-order valence-electron chi connectivity index (χ2n) is 8.65. The first-order valence-corrected chi connectivity index (χ1v) is 11.3. The van der Waals surface area contributed by atoms with Crippen LogP contribution >= 0.6 is 0 Å². The molecular formula is C27H23FN2O7. The van der Waals surface area contributed by atoms with Gasteiger partial charge in [0, 0.05) is 6.42 Å². The van der Waals surface area contributed by atoms with E-state index in [-0.39, 0.29) is 17.5 Å². The fourth-order valence-electron chi connectivity index (χ4n) is 3.83. The van der Waals surface area contributed by atoms with Gasteiger partial charge in [-0.15, -0.1) is 6.42 Å². The number of carbonyl (C=O) groups is 2. The van der Waals surface area contributed by atoms with E-state index < -0.39 is 53.9 Å². The van der Waals surface area contributed by atoms with Crippen LogP contribution in [0.25, 0.3) is 0 Å². The van der Waals surface area contributed by atoms with Crippen molar-refractivity contribution in [1.29, 1.82) is 0 Å². The number of rotatable bonds is 6. The number of nitrogens with zero attached hydrogens (tertiary/aromatic N) is 2. The Morgan fingerprint density at radius 3 is 2.27 bits per heavy atom. The maximum absolute atomic E-state index is 14.0. The minimum absolute atomic E-state index is 0.185. The zero-order valence-electron chi connectivity index (χ0n) is 20.0. The molecule has 10 heteroatoms. The molecule has 37 heavy (non-hydrogen) atoms. The number of esters is 2. The van der Waals surface area contributed by atoms with Crippen LogP contribution in [0.4, 0.5) is 4.39 Å². The molecule has 3 aromatic rings. The molecule has 0 amide bonds. The van der Waals surface area contributed by atoms with Gasteiger partial charge in [-0.3, -0.25) is 4.57 Å². The number of hydrogen-bond acceptors (Lipinski definition) is 8. The summed E-state index contributed by atoms with van der Waals surface area (Å²) in [6.45, 7) is 3.20. The van der Waals surface area contributed by atoms with Crippen molar-refractivity contribution in [2.24, 2.45) is 0 Å². The third-order valence-corrected chi connectivity index (χ3v) is 5.97. The lowest BCUT2D eigenvalue weighted by molar-refractivity contribution is -0.0986. The summed E-state index contributed by atoms with van der Waals surface area (Å²) in [5, 5.41) is 9.40. The van der Waals surface area contributed by atoms with Crippen molar-refractivity contribution in [2.45, 2.75) is 38.2 Å². The molecule has 0 bridgehead atoms. The van der Waals surface area contributed by atoms with Crippen LogP contribution in [0.1, 0.15) is 44.5 Å². The van der Waals surface area contributed by atoms with Gasteiger partial charge in [-0.2, -0.15) is 9.37 Å². The summed E-state index contributed by atoms with van der Waals surface area (Å²) >= 11 is 0. The summed E-state index contributed by atoms with van der Waals surface area (Å²) in [6.07, 6.45) is 3.89. The maximum atomic E-state index is 14.0. The third-order valence-electron chi connectivity index (χ3n) is 5.97. The van der Waals surface area contributed by atoms with E-state index in [1.165, 1.54) is 0 Å². The van der Waals surface area contributed by atoms with E-state index in [0.29, 0.717) is 6.20 Å². The smallest absolute Gasteiger partial charge is 0.353 e. The predicted octanol–water partition coefficient (Wildman–Crippen LogP) is 3.08. The van der Waals surface area contributed by atoms with E-state index >= 15 is 0 Å². The summed E-state index contributed by atoms with van der Waals surface area (Å²) < 4.78 is 31.8. The van der Waals surface area contributed by atoms with Crippen molar-refractivity contribution in [1.82, 2.24) is 9.55 Å². The van der Waals surface area contributed by atoms with Crippen LogP contribution in [0.15, 0.2) is 59.5 Å². The van der Waals surface area contributed by atoms with Gasteiger partial charge in [0.25, 0.3) is 5.88 Å². The summed E-state index contributed by atoms with van der Waals surface area (Å²) in [6, 6.07) is 13.2. The zero-order chi connectivity index (χ0) is 26.7. The van der Waals surface area contributed by atoms with Crippen molar-refractivity contribution in [3.05, 3.63) is 93.3 Å². The lowest BCUT2D eigenvalue weighted by atomic mass is 9.98. The standard InChI is InChI=1S/C27H23FN2O7/c1-4-27(15-35-24(32)18-9-5-16(2)6-10-18)21(36-25(33)19-11-7-17(3)8-12-19)13-22(37-27)30-14-20(28)23(31)29-26(30)34/h1,5-12,14,21-22H,13,15H2,2-3H3,(H,29,31,34)/t21-,22+,27+/m0/s1. The first kappa shape index (κ1) is 25.6. The van der Waals surface area contributed by atoms with Crippen LogP contribution in [-0.4, -0.2) is 44.9 Å². The van der Waals surface area contributed by atoms with Crippen LogP contribution in [0.5, 0.6) is 5.88 Å². The van der Waals surface area contributed by atoms with Crippen molar-refractivity contribution in [2.75, 3.05) is 6.61 Å². The quantitative estimate of drug-likeness (QED) is 0.401. The Balaban J connectivity index is 1.63. The molecule has 2 aromatic carbocycles. The third kappa shape index (κ3) is 5.37. The number of ether oxygens (including phenoxy) is 3. The molecule has 2 heterocycles. The average Bonchev–Trinajstić information content (AvgIpc) is 3.23. The second kappa shape index (κ2) is 10.2. The molecule has 0 unspecified atom stereocenters. The number of halogens is 1. The van der Waals surface area contributed by atoms with Gasteiger partial charge in [-0.1, -0.05) is 41.3 Å². The van der Waals surface area contributed by atoms with Crippen LogP contribution in [-0.2, 0) is 14.2 Å². The van der Waals surface area contributed by atoms with Gasteiger partial charge in [0.15, 0.2) is 6.10 Å². The van der Waals surface area contributed by atoms with Gasteiger partial charge in [0.05, 0.1) is 17.3 Å². The van der Waals surface area contributed by atoms with E-state index in [0.717, 1.165) is 15.7 Å². The molecule has 0 radical (unpaired) electrons. The Labute approximate surface area is 211 Å². The van der Waals surface area contributed by atoms with E-state index in [2.05, 4.69) is 10.9 Å². The number of hydrogen-bond donors (Lipinski definition) is 1. The van der Waals surface area contributed by atoms with Crippen LogP contribution in [0.3, 0.4) is 0 Å². The Morgan fingerprint density at radius 2 is 1.70 bits per heavy atom. The highest BCUT2D eigenvalue weighted by Gasteiger charge is 2.52. The molecule has 4 rings (SSSR count). The van der Waals surface area contributed by atoms with Gasteiger partial charge in [-0.05, 0) is 38.1 Å². The number of aryl methyl sites for hydroxylation is 2. The SMILES string of the molecule is C#C[C@]1(COC(=O)c2ccc(C)cc2)O[C@@H](n2cc(F)c(O)nc2=O)C[C@@H]1OC(=O)c1ccc(C)cc1. The highest BCUT2D eigenvalue weighted by atomic mass is 19.1. The van der Waals surface area contributed by atoms with Crippen molar-refractivity contribution < 1.29 is 33.3 Å². The number of benzene rings is 2. The Hall–Kier alpha value is -4.49. The van der Waals surface area contributed by atoms with Crippen molar-refractivity contribution in [3.8, 4) is 18.2 Å². The van der Waals surface area contributed by atoms with E-state index in [1.54, 1.807) is 48.5 Å². The lowest BCUT2D eigenvalue weighted by Gasteiger charge is -2.28. The van der Waals surface area contributed by atoms with Gasteiger partial charge in [0.1, 0.15) is 12.8 Å². The van der Waals surface area contributed by atoms with Gasteiger partial charge in [0.2, 0.25) is 11.4 Å². The van der Waals surface area contributed by atoms with Gasteiger partial charge < -0.3 is 19.3 Å². The number of aromatic nitrogens is 2. The molecule has 9 nitrogen and oxygen atoms in total. The molecule has 3 atom stereocenters. The van der Waals surface area contributed by atoms with Gasteiger partial charge in [-0.25, -0.2) is 14.4 Å². The molecule has 0 saturated carbocycles. The topological polar surface area (TPSA) is 117 Å². The largest absolute Gasteiger partial charge is 0.491 e. The maximum Gasteiger partial charge on any atom is 0.353 e. The summed E-state index contributed by atoms with van der Waals surface area (Å²) in [4.78, 5) is 41.1. The van der Waals surface area contributed by atoms with Gasteiger partial charge >= 0.3 is 17.6 Å². The minimum Gasteiger partial charge on any atom is -0.491 e. The summed E-state index contributed by atoms with van der Waals surface area (Å²) in [5.74, 6) is -1.26. The normalized spacial score (nSPS) is 20.7. The average molecular weight is 506 g/mol. The first-order chi connectivity index (χ1) is 17.6. The highest BCUT2D eigenvalue weighted by Crippen LogP contribution is 2.39. The summed E-state index contributed by atoms with van der Waals surface area (Å²) in [7, 11) is 0. The Kier molecular flexibility index (Phi) is 7.09. The molecule has 1 aliphatic rings. The molecule has 1 N–H and O–H groups in total. The van der Waals surface area contributed by atoms with E-state index in [4.69, 9.17) is 20.6 Å². The van der Waals surface area contributed by atoms with E-state index in [1.807, 2.05) is 13.8 Å². The number of carbonyl (C=O) groups excluding carboxylic acids is 2. The predicted molar refractivity (Wildman–Crippen MR) is 128 cm³/mol. The summed E-state index contributed by atoms with van der Waals surface area (Å²) in [5.41, 5.74) is -0.436. The molecular weight excluding hydrogens is 483 g/mol. The van der Waals surface area contributed by atoms with Crippen molar-refractivity contribution >= 4 is 11.9 Å². The molecule has 190 valence electrons.